The Labute approximate surface area is 198 Å². The van der Waals surface area contributed by atoms with E-state index in [0.29, 0.717) is 0 Å². The van der Waals surface area contributed by atoms with Gasteiger partial charge in [0.05, 0.1) is 13.8 Å². The van der Waals surface area contributed by atoms with Crippen molar-refractivity contribution in [2.45, 2.75) is 72.0 Å². The predicted molar refractivity (Wildman–Crippen MR) is 143 cm³/mol. The molecule has 0 fully saturated rings. The van der Waals surface area contributed by atoms with Crippen molar-refractivity contribution in [1.82, 2.24) is 4.98 Å². The molecular weight excluding hydrogens is 458 g/mol. The third-order valence-electron chi connectivity index (χ3n) is 5.82. The van der Waals surface area contributed by atoms with E-state index in [9.17, 15) is 0 Å². The monoisotopic (exact) mass is 493 g/mol. The molecule has 1 nitrogen and oxygen atoms in total. The second-order valence-electron chi connectivity index (χ2n) is 11.7. The first kappa shape index (κ1) is 23.9. The van der Waals surface area contributed by atoms with E-state index < -0.39 is 8.07 Å². The summed E-state index contributed by atoms with van der Waals surface area (Å²) < 4.78 is 1.08. The second-order valence-corrected chi connectivity index (χ2v) is 17.7. The van der Waals surface area contributed by atoms with E-state index in [1.165, 1.54) is 27.4 Å². The number of pyridine rings is 1. The number of rotatable bonds is 3. The van der Waals surface area contributed by atoms with Crippen molar-refractivity contribution < 1.29 is 0 Å². The summed E-state index contributed by atoms with van der Waals surface area (Å²) in [4.78, 5) is 4.82. The minimum absolute atomic E-state index is 0.0963. The van der Waals surface area contributed by atoms with Gasteiger partial charge in [-0.05, 0) is 62.5 Å². The van der Waals surface area contributed by atoms with E-state index in [0.717, 1.165) is 15.7 Å². The van der Waals surface area contributed by atoms with Crippen molar-refractivity contribution in [2.24, 2.45) is 0 Å². The SMILES string of the molecule is CC(C)(C)c1cc(-c2cc(Br)cc(-c3ccc([Si](C)(C)C)cn3)c2)cc(C(C)(C)C)c1. The van der Waals surface area contributed by atoms with E-state index in [1.54, 1.807) is 0 Å². The van der Waals surface area contributed by atoms with E-state index in [-0.39, 0.29) is 10.8 Å². The van der Waals surface area contributed by atoms with Gasteiger partial charge in [0.2, 0.25) is 0 Å². The molecule has 0 aliphatic carbocycles. The molecule has 3 aromatic rings. The van der Waals surface area contributed by atoms with Crippen molar-refractivity contribution in [3.05, 3.63) is 70.3 Å². The molecule has 1 heterocycles. The summed E-state index contributed by atoms with van der Waals surface area (Å²) in [5.41, 5.74) is 7.58. The van der Waals surface area contributed by atoms with Crippen LogP contribution < -0.4 is 5.19 Å². The Morgan fingerprint density at radius 2 is 1.19 bits per heavy atom. The van der Waals surface area contributed by atoms with Gasteiger partial charge in [0.1, 0.15) is 0 Å². The smallest absolute Gasteiger partial charge is 0.0796 e. The molecule has 31 heavy (non-hydrogen) atoms. The zero-order valence-electron chi connectivity index (χ0n) is 20.5. The van der Waals surface area contributed by atoms with Gasteiger partial charge in [-0.3, -0.25) is 4.98 Å². The van der Waals surface area contributed by atoms with Crippen molar-refractivity contribution in [1.29, 1.82) is 0 Å². The van der Waals surface area contributed by atoms with Crippen LogP contribution in [0.5, 0.6) is 0 Å². The van der Waals surface area contributed by atoms with Crippen LogP contribution in [0.1, 0.15) is 52.7 Å². The Morgan fingerprint density at radius 1 is 0.677 bits per heavy atom. The lowest BCUT2D eigenvalue weighted by Crippen LogP contribution is -2.37. The van der Waals surface area contributed by atoms with Gasteiger partial charge >= 0.3 is 0 Å². The van der Waals surface area contributed by atoms with E-state index in [1.807, 2.05) is 0 Å². The summed E-state index contributed by atoms with van der Waals surface area (Å²) in [5.74, 6) is 0. The second kappa shape index (κ2) is 8.33. The molecule has 2 aromatic carbocycles. The average molecular weight is 495 g/mol. The lowest BCUT2D eigenvalue weighted by atomic mass is 9.79. The first-order valence-corrected chi connectivity index (χ1v) is 15.4. The Kier molecular flexibility index (Phi) is 6.43. The topological polar surface area (TPSA) is 12.9 Å². The fraction of sp³-hybridized carbons (Fsp3) is 0.393. The van der Waals surface area contributed by atoms with Crippen LogP contribution in [0.4, 0.5) is 0 Å². The van der Waals surface area contributed by atoms with Crippen molar-refractivity contribution in [2.75, 3.05) is 0 Å². The van der Waals surface area contributed by atoms with Crippen LogP contribution in [0.2, 0.25) is 19.6 Å². The third-order valence-corrected chi connectivity index (χ3v) is 8.31. The van der Waals surface area contributed by atoms with Crippen LogP contribution in [-0.4, -0.2) is 13.1 Å². The molecule has 0 saturated carbocycles. The number of hydrogen-bond donors (Lipinski definition) is 0. The highest BCUT2D eigenvalue weighted by atomic mass is 79.9. The Balaban J connectivity index is 2.14. The quantitative estimate of drug-likeness (QED) is 0.334. The fourth-order valence-electron chi connectivity index (χ4n) is 3.57. The van der Waals surface area contributed by atoms with Gasteiger partial charge in [-0.25, -0.2) is 0 Å². The number of benzene rings is 2. The molecular formula is C28H36BrNSi. The first-order valence-electron chi connectivity index (χ1n) is 11.1. The zero-order chi connectivity index (χ0) is 23.2. The van der Waals surface area contributed by atoms with Crippen LogP contribution >= 0.6 is 15.9 Å². The van der Waals surface area contributed by atoms with Gasteiger partial charge in [0, 0.05) is 16.2 Å². The maximum atomic E-state index is 4.82. The summed E-state index contributed by atoms with van der Waals surface area (Å²) in [5, 5.41) is 1.39. The number of aromatic nitrogens is 1. The molecule has 3 rings (SSSR count). The Hall–Kier alpha value is -1.71. The van der Waals surface area contributed by atoms with Crippen molar-refractivity contribution in [3.63, 3.8) is 0 Å². The lowest BCUT2D eigenvalue weighted by Gasteiger charge is -2.26. The number of hydrogen-bond acceptors (Lipinski definition) is 1. The molecule has 0 N–H and O–H groups in total. The highest BCUT2D eigenvalue weighted by Crippen LogP contribution is 2.36. The van der Waals surface area contributed by atoms with Crippen LogP contribution in [0, 0.1) is 0 Å². The van der Waals surface area contributed by atoms with Crippen molar-refractivity contribution >= 4 is 29.2 Å². The van der Waals surface area contributed by atoms with E-state index in [2.05, 4.69) is 132 Å². The molecule has 0 radical (unpaired) electrons. The van der Waals surface area contributed by atoms with Gasteiger partial charge < -0.3 is 0 Å². The molecule has 0 spiro atoms. The third kappa shape index (κ3) is 5.75. The van der Waals surface area contributed by atoms with Crippen LogP contribution in [0.15, 0.2) is 59.2 Å². The average Bonchev–Trinajstić information content (AvgIpc) is 2.65. The molecule has 0 atom stereocenters. The maximum absolute atomic E-state index is 4.82. The van der Waals surface area contributed by atoms with Crippen molar-refractivity contribution in [3.8, 4) is 22.4 Å². The van der Waals surface area contributed by atoms with Crippen LogP contribution in [-0.2, 0) is 10.8 Å². The molecule has 3 heteroatoms. The summed E-state index contributed by atoms with van der Waals surface area (Å²) in [7, 11) is -1.35. The fourth-order valence-corrected chi connectivity index (χ4v) is 5.10. The summed E-state index contributed by atoms with van der Waals surface area (Å²) >= 11 is 3.75. The normalized spacial score (nSPS) is 12.8. The van der Waals surface area contributed by atoms with Crippen LogP contribution in [0.25, 0.3) is 22.4 Å². The molecule has 0 unspecified atom stereocenters. The minimum Gasteiger partial charge on any atom is -0.256 e. The van der Waals surface area contributed by atoms with Gasteiger partial charge in [0.15, 0.2) is 0 Å². The maximum Gasteiger partial charge on any atom is 0.0796 e. The summed E-state index contributed by atoms with van der Waals surface area (Å²) in [6, 6.07) is 18.2. The summed E-state index contributed by atoms with van der Waals surface area (Å²) in [6.07, 6.45) is 2.07. The van der Waals surface area contributed by atoms with Gasteiger partial charge in [0.25, 0.3) is 0 Å². The van der Waals surface area contributed by atoms with Gasteiger partial charge in [-0.1, -0.05) is 101 Å². The minimum atomic E-state index is -1.35. The molecule has 0 aliphatic heterocycles. The van der Waals surface area contributed by atoms with Gasteiger partial charge in [-0.2, -0.15) is 0 Å². The Bertz CT molecular complexity index is 1050. The standard InChI is InChI=1S/C28H36BrNSi/c1-27(2,3)22-13-20(14-23(17-22)28(4,5)6)19-12-21(16-24(29)15-19)26-11-10-25(18-30-26)31(7,8)9/h10-18H,1-9H3. The van der Waals surface area contributed by atoms with Crippen LogP contribution in [0.3, 0.4) is 0 Å². The lowest BCUT2D eigenvalue weighted by molar-refractivity contribution is 0.569. The molecule has 0 aliphatic rings. The van der Waals surface area contributed by atoms with E-state index >= 15 is 0 Å². The molecule has 0 bridgehead atoms. The largest absolute Gasteiger partial charge is 0.256 e. The van der Waals surface area contributed by atoms with E-state index in [4.69, 9.17) is 4.98 Å². The highest BCUT2D eigenvalue weighted by Gasteiger charge is 2.21. The zero-order valence-corrected chi connectivity index (χ0v) is 23.1. The highest BCUT2D eigenvalue weighted by molar-refractivity contribution is 9.10. The van der Waals surface area contributed by atoms with Gasteiger partial charge in [-0.15, -0.1) is 0 Å². The number of halogens is 1. The Morgan fingerprint density at radius 3 is 1.65 bits per heavy atom. The first-order chi connectivity index (χ1) is 14.1. The molecule has 1 aromatic heterocycles. The molecule has 164 valence electrons. The molecule has 0 amide bonds. The number of nitrogens with zero attached hydrogens (tertiary/aromatic N) is 1. The summed E-state index contributed by atoms with van der Waals surface area (Å²) in [6.45, 7) is 20.8. The predicted octanol–water partition coefficient (Wildman–Crippen LogP) is 8.32. The molecule has 0 saturated heterocycles.